The van der Waals surface area contributed by atoms with E-state index >= 15 is 0 Å². The van der Waals surface area contributed by atoms with Crippen LogP contribution in [-0.4, -0.2) is 37.7 Å². The van der Waals surface area contributed by atoms with E-state index in [-0.39, 0.29) is 10.5 Å². The van der Waals surface area contributed by atoms with Crippen molar-refractivity contribution in [1.82, 2.24) is 4.72 Å². The number of aliphatic hydroxyl groups is 1. The largest absolute Gasteiger partial charge is 0.465 e. The van der Waals surface area contributed by atoms with Crippen LogP contribution in [0.2, 0.25) is 0 Å². The molecule has 0 bridgehead atoms. The first-order chi connectivity index (χ1) is 9.82. The van der Waals surface area contributed by atoms with Crippen molar-refractivity contribution in [1.29, 1.82) is 0 Å². The number of esters is 1. The minimum atomic E-state index is -3.84. The summed E-state index contributed by atoms with van der Waals surface area (Å²) >= 11 is 0. The molecule has 1 rings (SSSR count). The van der Waals surface area contributed by atoms with Crippen LogP contribution in [0.5, 0.6) is 0 Å². The van der Waals surface area contributed by atoms with Crippen LogP contribution in [0.25, 0.3) is 0 Å². The zero-order chi connectivity index (χ0) is 17.3. The molecule has 0 atom stereocenters. The molecular weight excluding hydrogens is 306 g/mol. The summed E-state index contributed by atoms with van der Waals surface area (Å²) in [5.41, 5.74) is -1.62. The summed E-state index contributed by atoms with van der Waals surface area (Å²) in [5.74, 6) is -0.531. The van der Waals surface area contributed by atoms with Crippen LogP contribution in [0.15, 0.2) is 23.1 Å². The van der Waals surface area contributed by atoms with Gasteiger partial charge in [-0.05, 0) is 58.4 Å². The van der Waals surface area contributed by atoms with E-state index in [0.29, 0.717) is 5.56 Å². The first-order valence-electron chi connectivity index (χ1n) is 6.77. The standard InChI is InChI=1S/C15H23NO5S/c1-10-9-11(13(17)21-6)7-8-12(10)22(19,20)16-14(2,3)15(4,5)18/h7-9,16,18H,1-6H3. The Bertz CT molecular complexity index is 672. The number of rotatable bonds is 5. The Morgan fingerprint density at radius 2 is 1.77 bits per heavy atom. The topological polar surface area (TPSA) is 92.7 Å². The minimum absolute atomic E-state index is 0.0532. The van der Waals surface area contributed by atoms with Gasteiger partial charge in [0.2, 0.25) is 10.0 Å². The highest BCUT2D eigenvalue weighted by Gasteiger charge is 2.39. The van der Waals surface area contributed by atoms with Gasteiger partial charge in [0, 0.05) is 0 Å². The number of methoxy groups -OCH3 is 1. The molecule has 0 fully saturated rings. The lowest BCUT2D eigenvalue weighted by Gasteiger charge is -2.37. The molecule has 1 aromatic carbocycles. The Labute approximate surface area is 131 Å². The Balaban J connectivity index is 3.23. The van der Waals surface area contributed by atoms with E-state index < -0.39 is 27.1 Å². The highest BCUT2D eigenvalue weighted by molar-refractivity contribution is 7.89. The van der Waals surface area contributed by atoms with Gasteiger partial charge in [-0.15, -0.1) is 0 Å². The fraction of sp³-hybridized carbons (Fsp3) is 0.533. The highest BCUT2D eigenvalue weighted by Crippen LogP contribution is 2.25. The van der Waals surface area contributed by atoms with Crippen LogP contribution in [-0.2, 0) is 14.8 Å². The lowest BCUT2D eigenvalue weighted by Crippen LogP contribution is -2.57. The van der Waals surface area contributed by atoms with Crippen molar-refractivity contribution >= 4 is 16.0 Å². The predicted molar refractivity (Wildman–Crippen MR) is 83.2 cm³/mol. The van der Waals surface area contributed by atoms with Crippen LogP contribution in [0.3, 0.4) is 0 Å². The number of sulfonamides is 1. The van der Waals surface area contributed by atoms with Crippen molar-refractivity contribution in [2.45, 2.75) is 50.7 Å². The third-order valence-electron chi connectivity index (χ3n) is 3.80. The van der Waals surface area contributed by atoms with Gasteiger partial charge in [-0.2, -0.15) is 0 Å². The molecular formula is C15H23NO5S. The molecule has 0 spiro atoms. The predicted octanol–water partition coefficient (Wildman–Crippen LogP) is 1.61. The molecule has 0 heterocycles. The molecule has 0 aliphatic carbocycles. The summed E-state index contributed by atoms with van der Waals surface area (Å²) in [7, 11) is -2.58. The summed E-state index contributed by atoms with van der Waals surface area (Å²) in [4.78, 5) is 11.5. The molecule has 1 aromatic rings. The van der Waals surface area contributed by atoms with Crippen molar-refractivity contribution in [3.05, 3.63) is 29.3 Å². The Hall–Kier alpha value is -1.44. The van der Waals surface area contributed by atoms with E-state index in [1.807, 2.05) is 0 Å². The molecule has 124 valence electrons. The van der Waals surface area contributed by atoms with Gasteiger partial charge in [0.1, 0.15) is 0 Å². The first kappa shape index (κ1) is 18.6. The molecule has 0 aliphatic heterocycles. The second-order valence-corrected chi connectivity index (χ2v) is 7.91. The monoisotopic (exact) mass is 329 g/mol. The smallest absolute Gasteiger partial charge is 0.337 e. The van der Waals surface area contributed by atoms with Gasteiger partial charge in [0.15, 0.2) is 0 Å². The molecule has 7 heteroatoms. The molecule has 0 saturated heterocycles. The van der Waals surface area contributed by atoms with Crippen LogP contribution in [0.1, 0.15) is 43.6 Å². The third kappa shape index (κ3) is 3.85. The van der Waals surface area contributed by atoms with Gasteiger partial charge in [-0.25, -0.2) is 17.9 Å². The molecule has 0 saturated carbocycles. The number of ether oxygens (including phenoxy) is 1. The summed E-state index contributed by atoms with van der Waals surface area (Å²) in [6, 6.07) is 4.20. The van der Waals surface area contributed by atoms with Crippen LogP contribution < -0.4 is 4.72 Å². The highest BCUT2D eigenvalue weighted by atomic mass is 32.2. The van der Waals surface area contributed by atoms with E-state index in [2.05, 4.69) is 9.46 Å². The summed E-state index contributed by atoms with van der Waals surface area (Å²) < 4.78 is 32.2. The number of hydrogen-bond donors (Lipinski definition) is 2. The molecule has 0 amide bonds. The average molecular weight is 329 g/mol. The van der Waals surface area contributed by atoms with Crippen LogP contribution in [0.4, 0.5) is 0 Å². The lowest BCUT2D eigenvalue weighted by atomic mass is 9.87. The lowest BCUT2D eigenvalue weighted by molar-refractivity contribution is 0.00638. The Morgan fingerprint density at radius 3 is 2.18 bits per heavy atom. The van der Waals surface area contributed by atoms with Gasteiger partial charge >= 0.3 is 5.97 Å². The SMILES string of the molecule is COC(=O)c1ccc(S(=O)(=O)NC(C)(C)C(C)(C)O)c(C)c1. The summed E-state index contributed by atoms with van der Waals surface area (Å²) in [6.07, 6.45) is 0. The first-order valence-corrected chi connectivity index (χ1v) is 8.25. The number of aryl methyl sites for hydroxylation is 1. The molecule has 0 aromatic heterocycles. The van der Waals surface area contributed by atoms with Crippen molar-refractivity contribution in [3.8, 4) is 0 Å². The maximum absolute atomic E-state index is 12.5. The van der Waals surface area contributed by atoms with E-state index in [9.17, 15) is 18.3 Å². The van der Waals surface area contributed by atoms with E-state index in [4.69, 9.17) is 0 Å². The maximum atomic E-state index is 12.5. The van der Waals surface area contributed by atoms with Crippen molar-refractivity contribution < 1.29 is 23.1 Å². The normalized spacial score (nSPS) is 13.0. The quantitative estimate of drug-likeness (QED) is 0.801. The molecule has 2 N–H and O–H groups in total. The van der Waals surface area contributed by atoms with Crippen molar-refractivity contribution in [3.63, 3.8) is 0 Å². The molecule has 0 radical (unpaired) electrons. The van der Waals surface area contributed by atoms with Gasteiger partial charge < -0.3 is 9.84 Å². The van der Waals surface area contributed by atoms with E-state index in [1.165, 1.54) is 39.2 Å². The number of carbonyl (C=O) groups excluding carboxylic acids is 1. The zero-order valence-electron chi connectivity index (χ0n) is 13.7. The summed E-state index contributed by atoms with van der Waals surface area (Å²) in [6.45, 7) is 7.86. The maximum Gasteiger partial charge on any atom is 0.337 e. The Morgan fingerprint density at radius 1 is 1.23 bits per heavy atom. The van der Waals surface area contributed by atoms with E-state index in [1.54, 1.807) is 20.8 Å². The van der Waals surface area contributed by atoms with Gasteiger partial charge in [-0.3, -0.25) is 0 Å². The van der Waals surface area contributed by atoms with Gasteiger partial charge in [0.25, 0.3) is 0 Å². The number of nitrogens with one attached hydrogen (secondary N) is 1. The van der Waals surface area contributed by atoms with Crippen LogP contribution in [0, 0.1) is 6.92 Å². The molecule has 6 nitrogen and oxygen atoms in total. The second-order valence-electron chi connectivity index (χ2n) is 6.26. The second kappa shape index (κ2) is 5.98. The zero-order valence-corrected chi connectivity index (χ0v) is 14.5. The molecule has 0 aliphatic rings. The minimum Gasteiger partial charge on any atom is -0.465 e. The number of benzene rings is 1. The van der Waals surface area contributed by atoms with Crippen molar-refractivity contribution in [2.24, 2.45) is 0 Å². The molecule has 0 unspecified atom stereocenters. The number of hydrogen-bond acceptors (Lipinski definition) is 5. The van der Waals surface area contributed by atoms with Crippen LogP contribution >= 0.6 is 0 Å². The number of carbonyl (C=O) groups is 1. The average Bonchev–Trinajstić information content (AvgIpc) is 2.34. The fourth-order valence-corrected chi connectivity index (χ4v) is 3.47. The van der Waals surface area contributed by atoms with E-state index in [0.717, 1.165) is 0 Å². The fourth-order valence-electron chi connectivity index (χ4n) is 1.71. The van der Waals surface area contributed by atoms with Crippen molar-refractivity contribution in [2.75, 3.05) is 7.11 Å². The van der Waals surface area contributed by atoms with Gasteiger partial charge in [-0.1, -0.05) is 0 Å². The molecule has 22 heavy (non-hydrogen) atoms. The van der Waals surface area contributed by atoms with Gasteiger partial charge in [0.05, 0.1) is 28.7 Å². The summed E-state index contributed by atoms with van der Waals surface area (Å²) in [5, 5.41) is 10.1. The third-order valence-corrected chi connectivity index (χ3v) is 5.62. The Kier molecular flexibility index (Phi) is 5.06.